The van der Waals surface area contributed by atoms with Gasteiger partial charge in [-0.1, -0.05) is 30.3 Å². The van der Waals surface area contributed by atoms with Crippen LogP contribution in [0.4, 0.5) is 4.39 Å². The van der Waals surface area contributed by atoms with Crippen LogP contribution in [-0.4, -0.2) is 11.9 Å². The highest BCUT2D eigenvalue weighted by atomic mass is 19.1. The number of nitrogens with one attached hydrogen (secondary N) is 1. The number of rotatable bonds is 3. The van der Waals surface area contributed by atoms with Crippen LogP contribution in [-0.2, 0) is 10.5 Å². The van der Waals surface area contributed by atoms with Crippen molar-refractivity contribution in [1.82, 2.24) is 5.32 Å². The number of benzene rings is 1. The van der Waals surface area contributed by atoms with E-state index in [0.29, 0.717) is 18.0 Å². The lowest BCUT2D eigenvalue weighted by Crippen LogP contribution is -2.29. The normalized spacial score (nSPS) is 32.2. The minimum atomic E-state index is -1.42. The molecule has 84 valence electrons. The van der Waals surface area contributed by atoms with Gasteiger partial charge in [0.25, 0.3) is 0 Å². The van der Waals surface area contributed by atoms with Crippen molar-refractivity contribution in [2.45, 2.75) is 31.0 Å². The topological polar surface area (TPSA) is 29.1 Å². The molecule has 2 saturated carbocycles. The Morgan fingerprint density at radius 3 is 2.62 bits per heavy atom. The molecule has 0 radical (unpaired) electrons. The van der Waals surface area contributed by atoms with Gasteiger partial charge in [-0.15, -0.1) is 0 Å². The van der Waals surface area contributed by atoms with Gasteiger partial charge < -0.3 is 5.32 Å². The number of hydrogen-bond donors (Lipinski definition) is 1. The second-order valence-corrected chi connectivity index (χ2v) is 4.77. The van der Waals surface area contributed by atoms with Gasteiger partial charge in [0.15, 0.2) is 0 Å². The molecule has 0 unspecified atom stereocenters. The maximum Gasteiger partial charge on any atom is 0.227 e. The first-order valence-electron chi connectivity index (χ1n) is 5.75. The van der Waals surface area contributed by atoms with Crippen LogP contribution in [0.1, 0.15) is 24.8 Å². The zero-order valence-electron chi connectivity index (χ0n) is 8.95. The highest BCUT2D eigenvalue weighted by molar-refractivity contribution is 5.84. The van der Waals surface area contributed by atoms with Gasteiger partial charge >= 0.3 is 0 Å². The molecule has 3 heteroatoms. The Morgan fingerprint density at radius 2 is 2.00 bits per heavy atom. The third-order valence-corrected chi connectivity index (χ3v) is 3.39. The predicted molar refractivity (Wildman–Crippen MR) is 58.5 cm³/mol. The smallest absolute Gasteiger partial charge is 0.227 e. The first-order valence-corrected chi connectivity index (χ1v) is 5.75. The van der Waals surface area contributed by atoms with Gasteiger partial charge in [0.2, 0.25) is 5.91 Å². The van der Waals surface area contributed by atoms with E-state index in [0.717, 1.165) is 12.8 Å². The minimum Gasteiger partial charge on any atom is -0.353 e. The number of carbonyl (C=O) groups excluding carboxylic acids is 1. The van der Waals surface area contributed by atoms with Gasteiger partial charge in [-0.25, -0.2) is 4.39 Å². The van der Waals surface area contributed by atoms with E-state index in [2.05, 4.69) is 5.32 Å². The summed E-state index contributed by atoms with van der Waals surface area (Å²) in [6.07, 6.45) is 2.42. The van der Waals surface area contributed by atoms with E-state index in [4.69, 9.17) is 0 Å². The summed E-state index contributed by atoms with van der Waals surface area (Å²) in [6, 6.07) is 9.30. The molecule has 16 heavy (non-hydrogen) atoms. The Morgan fingerprint density at radius 1 is 1.31 bits per heavy atom. The van der Waals surface area contributed by atoms with E-state index in [9.17, 15) is 9.18 Å². The van der Waals surface area contributed by atoms with E-state index in [1.54, 1.807) is 12.1 Å². The third-order valence-electron chi connectivity index (χ3n) is 3.39. The quantitative estimate of drug-likeness (QED) is 0.829. The maximum atomic E-state index is 14.4. The molecular weight excluding hydrogens is 205 g/mol. The maximum absolute atomic E-state index is 14.4. The summed E-state index contributed by atoms with van der Waals surface area (Å²) in [5.74, 6) is -0.593. The third kappa shape index (κ3) is 1.60. The molecule has 2 nitrogen and oxygen atoms in total. The van der Waals surface area contributed by atoms with Crippen LogP contribution in [0.3, 0.4) is 0 Å². The molecule has 0 aliphatic heterocycles. The van der Waals surface area contributed by atoms with Crippen molar-refractivity contribution in [2.75, 3.05) is 0 Å². The zero-order chi connectivity index (χ0) is 11.2. The lowest BCUT2D eigenvalue weighted by Gasteiger charge is -2.08. The average molecular weight is 219 g/mol. The number of halogens is 1. The van der Waals surface area contributed by atoms with E-state index in [1.165, 1.54) is 0 Å². The molecule has 2 aliphatic carbocycles. The van der Waals surface area contributed by atoms with Crippen molar-refractivity contribution in [1.29, 1.82) is 0 Å². The molecule has 2 atom stereocenters. The fraction of sp³-hybridized carbons (Fsp3) is 0.462. The number of amides is 1. The van der Waals surface area contributed by atoms with Crippen molar-refractivity contribution in [3.8, 4) is 0 Å². The molecule has 0 bridgehead atoms. The van der Waals surface area contributed by atoms with Gasteiger partial charge in [0, 0.05) is 12.5 Å². The summed E-state index contributed by atoms with van der Waals surface area (Å²) in [4.78, 5) is 11.7. The number of hydrogen-bond acceptors (Lipinski definition) is 1. The zero-order valence-corrected chi connectivity index (χ0v) is 8.95. The molecule has 2 fully saturated rings. The Labute approximate surface area is 93.9 Å². The average Bonchev–Trinajstić information content (AvgIpc) is 3.18. The second-order valence-electron chi connectivity index (χ2n) is 4.77. The van der Waals surface area contributed by atoms with Crippen molar-refractivity contribution in [3.63, 3.8) is 0 Å². The summed E-state index contributed by atoms with van der Waals surface area (Å²) < 4.78 is 14.4. The van der Waals surface area contributed by atoms with Crippen molar-refractivity contribution in [3.05, 3.63) is 35.9 Å². The predicted octanol–water partition coefficient (Wildman–Crippen LogP) is 2.15. The Bertz CT molecular complexity index is 415. The summed E-state index contributed by atoms with van der Waals surface area (Å²) >= 11 is 0. The second kappa shape index (κ2) is 3.30. The van der Waals surface area contributed by atoms with Crippen LogP contribution >= 0.6 is 0 Å². The standard InChI is InChI=1S/C13H14FNO/c14-13(9-4-2-1-3-5-9)8-11(13)12(16)15-10-6-7-10/h1-5,10-11H,6-8H2,(H,15,16)/t11-,13-/m1/s1. The highest BCUT2D eigenvalue weighted by Crippen LogP contribution is 2.55. The fourth-order valence-electron chi connectivity index (χ4n) is 2.10. The molecular formula is C13H14FNO. The first kappa shape index (κ1) is 9.82. The molecule has 1 N–H and O–H groups in total. The van der Waals surface area contributed by atoms with E-state index >= 15 is 0 Å². The Balaban J connectivity index is 1.71. The lowest BCUT2D eigenvalue weighted by molar-refractivity contribution is -0.123. The molecule has 0 saturated heterocycles. The summed E-state index contributed by atoms with van der Waals surface area (Å²) in [6.45, 7) is 0. The first-order chi connectivity index (χ1) is 7.70. The Hall–Kier alpha value is -1.38. The lowest BCUT2D eigenvalue weighted by atomic mass is 10.1. The van der Waals surface area contributed by atoms with Crippen LogP contribution in [0, 0.1) is 5.92 Å². The Kier molecular flexibility index (Phi) is 2.03. The van der Waals surface area contributed by atoms with Gasteiger partial charge in [-0.05, 0) is 18.4 Å². The largest absolute Gasteiger partial charge is 0.353 e. The van der Waals surface area contributed by atoms with Gasteiger partial charge in [0.05, 0.1) is 5.92 Å². The van der Waals surface area contributed by atoms with Crippen molar-refractivity contribution in [2.24, 2.45) is 5.92 Å². The van der Waals surface area contributed by atoms with E-state index < -0.39 is 11.6 Å². The van der Waals surface area contributed by atoms with Crippen LogP contribution in [0.2, 0.25) is 0 Å². The molecule has 0 heterocycles. The summed E-state index contributed by atoms with van der Waals surface area (Å²) in [5.41, 5.74) is -0.786. The molecule has 3 rings (SSSR count). The van der Waals surface area contributed by atoms with Crippen molar-refractivity contribution < 1.29 is 9.18 Å². The molecule has 1 aromatic rings. The minimum absolute atomic E-state index is 0.117. The molecule has 0 spiro atoms. The van der Waals surface area contributed by atoms with E-state index in [1.807, 2.05) is 18.2 Å². The molecule has 2 aliphatic rings. The van der Waals surface area contributed by atoms with Gasteiger partial charge in [-0.2, -0.15) is 0 Å². The van der Waals surface area contributed by atoms with Crippen LogP contribution < -0.4 is 5.32 Å². The number of carbonyl (C=O) groups is 1. The SMILES string of the molecule is O=C(NC1CC1)[C@H]1C[C@@]1(F)c1ccccc1. The van der Waals surface area contributed by atoms with Crippen LogP contribution in [0.15, 0.2) is 30.3 Å². The monoisotopic (exact) mass is 219 g/mol. The summed E-state index contributed by atoms with van der Waals surface area (Å²) in [7, 11) is 0. The molecule has 1 amide bonds. The molecule has 1 aromatic carbocycles. The van der Waals surface area contributed by atoms with E-state index in [-0.39, 0.29) is 5.91 Å². The van der Waals surface area contributed by atoms with Crippen LogP contribution in [0.25, 0.3) is 0 Å². The van der Waals surface area contributed by atoms with Gasteiger partial charge in [0.1, 0.15) is 5.67 Å². The molecule has 0 aromatic heterocycles. The summed E-state index contributed by atoms with van der Waals surface area (Å²) in [5, 5.41) is 2.86. The van der Waals surface area contributed by atoms with Crippen LogP contribution in [0.5, 0.6) is 0 Å². The van der Waals surface area contributed by atoms with Gasteiger partial charge in [-0.3, -0.25) is 4.79 Å². The fourth-order valence-corrected chi connectivity index (χ4v) is 2.10. The highest BCUT2D eigenvalue weighted by Gasteiger charge is 2.61. The van der Waals surface area contributed by atoms with Crippen molar-refractivity contribution >= 4 is 5.91 Å². The number of alkyl halides is 1.